The van der Waals surface area contributed by atoms with Gasteiger partial charge in [-0.1, -0.05) is 11.6 Å². The lowest BCUT2D eigenvalue weighted by Crippen LogP contribution is -2.10. The molecule has 6 heteroatoms. The Kier molecular flexibility index (Phi) is 4.48. The third kappa shape index (κ3) is 3.15. The first-order valence-corrected chi connectivity index (χ1v) is 7.78. The van der Waals surface area contributed by atoms with Crippen LogP contribution in [0.2, 0.25) is 5.02 Å². The van der Waals surface area contributed by atoms with Gasteiger partial charge in [-0.3, -0.25) is 4.79 Å². The zero-order chi connectivity index (χ0) is 13.3. The van der Waals surface area contributed by atoms with E-state index >= 15 is 0 Å². The number of hydrogen-bond donors (Lipinski definition) is 1. The molecule has 0 spiro atoms. The third-order valence-electron chi connectivity index (χ3n) is 2.29. The first-order chi connectivity index (χ1) is 8.47. The summed E-state index contributed by atoms with van der Waals surface area (Å²) in [5.74, 6) is -0.147. The highest BCUT2D eigenvalue weighted by Gasteiger charge is 2.11. The number of carbonyl (C=O) groups excluding carboxylic acids is 1. The van der Waals surface area contributed by atoms with Gasteiger partial charge in [0, 0.05) is 9.50 Å². The fourth-order valence-electron chi connectivity index (χ4n) is 1.36. The van der Waals surface area contributed by atoms with E-state index in [4.69, 9.17) is 11.6 Å². The van der Waals surface area contributed by atoms with Gasteiger partial charge in [0.2, 0.25) is 0 Å². The quantitative estimate of drug-likeness (QED) is 0.698. The molecule has 0 fully saturated rings. The maximum absolute atomic E-state index is 12.0. The summed E-state index contributed by atoms with van der Waals surface area (Å²) in [7, 11) is 0. The fourth-order valence-corrected chi connectivity index (χ4v) is 3.36. The smallest absolute Gasteiger partial charge is 0.265 e. The number of rotatable bonds is 2. The second-order valence-corrected chi connectivity index (χ2v) is 7.36. The van der Waals surface area contributed by atoms with E-state index < -0.39 is 0 Å². The topological polar surface area (TPSA) is 29.1 Å². The van der Waals surface area contributed by atoms with Gasteiger partial charge in [0.15, 0.2) is 0 Å². The van der Waals surface area contributed by atoms with Crippen molar-refractivity contribution in [3.05, 3.63) is 48.0 Å². The Labute approximate surface area is 131 Å². The predicted molar refractivity (Wildman–Crippen MR) is 83.9 cm³/mol. The van der Waals surface area contributed by atoms with Crippen molar-refractivity contribution in [2.75, 3.05) is 5.32 Å². The van der Waals surface area contributed by atoms with Crippen molar-refractivity contribution >= 4 is 66.4 Å². The van der Waals surface area contributed by atoms with E-state index in [1.165, 1.54) is 11.3 Å². The van der Waals surface area contributed by atoms with Crippen molar-refractivity contribution in [3.63, 3.8) is 0 Å². The Bertz CT molecular complexity index is 612. The van der Waals surface area contributed by atoms with Crippen molar-refractivity contribution in [3.8, 4) is 0 Å². The maximum atomic E-state index is 12.0. The van der Waals surface area contributed by atoms with E-state index in [2.05, 4.69) is 37.2 Å². The summed E-state index contributed by atoms with van der Waals surface area (Å²) < 4.78 is 1.74. The minimum Gasteiger partial charge on any atom is -0.320 e. The number of halogens is 3. The second kappa shape index (κ2) is 5.74. The van der Waals surface area contributed by atoms with E-state index in [0.29, 0.717) is 15.6 Å². The van der Waals surface area contributed by atoms with Gasteiger partial charge >= 0.3 is 0 Å². The molecule has 0 saturated carbocycles. The monoisotopic (exact) mass is 407 g/mol. The minimum atomic E-state index is -0.147. The average Bonchev–Trinajstić information content (AvgIpc) is 2.73. The van der Waals surface area contributed by atoms with Gasteiger partial charge in [-0.25, -0.2) is 0 Å². The molecule has 1 aromatic heterocycles. The number of amides is 1. The number of thiophene rings is 1. The molecule has 0 unspecified atom stereocenters. The highest BCUT2D eigenvalue weighted by atomic mass is 79.9. The Balaban J connectivity index is 2.24. The molecule has 0 bridgehead atoms. The Morgan fingerprint density at radius 2 is 2.06 bits per heavy atom. The molecule has 18 heavy (non-hydrogen) atoms. The van der Waals surface area contributed by atoms with Gasteiger partial charge in [-0.15, -0.1) is 11.3 Å². The van der Waals surface area contributed by atoms with Crippen molar-refractivity contribution in [1.29, 1.82) is 0 Å². The second-order valence-electron chi connectivity index (χ2n) is 3.64. The van der Waals surface area contributed by atoms with Gasteiger partial charge in [-0.2, -0.15) is 0 Å². The van der Waals surface area contributed by atoms with Gasteiger partial charge < -0.3 is 5.32 Å². The molecule has 94 valence electrons. The van der Waals surface area contributed by atoms with Crippen LogP contribution in [0.25, 0.3) is 0 Å². The Morgan fingerprint density at radius 1 is 1.33 bits per heavy atom. The standard InChI is InChI=1S/C12H8Br2ClNOS/c1-6-4-7(13)9(5-8(6)15)16-12(17)10-2-3-11(14)18-10/h2-5H,1H3,(H,16,17). The maximum Gasteiger partial charge on any atom is 0.265 e. The molecule has 0 aliphatic carbocycles. The number of benzene rings is 1. The van der Waals surface area contributed by atoms with Crippen molar-refractivity contribution < 1.29 is 4.79 Å². The summed E-state index contributed by atoms with van der Waals surface area (Å²) in [5, 5.41) is 3.45. The van der Waals surface area contributed by atoms with Crippen LogP contribution in [0.4, 0.5) is 5.69 Å². The van der Waals surface area contributed by atoms with Crippen LogP contribution in [0, 0.1) is 6.92 Å². The lowest BCUT2D eigenvalue weighted by Gasteiger charge is -2.08. The molecule has 2 nitrogen and oxygen atoms in total. The largest absolute Gasteiger partial charge is 0.320 e. The number of anilines is 1. The van der Waals surface area contributed by atoms with Gasteiger partial charge in [0.1, 0.15) is 0 Å². The zero-order valence-electron chi connectivity index (χ0n) is 9.26. The van der Waals surface area contributed by atoms with Crippen LogP contribution in [0.1, 0.15) is 15.2 Å². The average molecular weight is 410 g/mol. The van der Waals surface area contributed by atoms with Gasteiger partial charge in [0.25, 0.3) is 5.91 Å². The molecule has 1 N–H and O–H groups in total. The summed E-state index contributed by atoms with van der Waals surface area (Å²) in [6, 6.07) is 7.23. The molecule has 1 amide bonds. The third-order valence-corrected chi connectivity index (χ3v) is 4.98. The molecular weight excluding hydrogens is 401 g/mol. The number of aryl methyl sites for hydroxylation is 1. The summed E-state index contributed by atoms with van der Waals surface area (Å²) in [4.78, 5) is 12.6. The molecule has 2 aromatic rings. The van der Waals surface area contributed by atoms with Crippen molar-refractivity contribution in [2.24, 2.45) is 0 Å². The Morgan fingerprint density at radius 3 is 2.67 bits per heavy atom. The number of carbonyl (C=O) groups is 1. The molecular formula is C12H8Br2ClNOS. The first kappa shape index (κ1) is 14.1. The van der Waals surface area contributed by atoms with Crippen LogP contribution in [-0.4, -0.2) is 5.91 Å². The first-order valence-electron chi connectivity index (χ1n) is 4.99. The van der Waals surface area contributed by atoms with Crippen molar-refractivity contribution in [1.82, 2.24) is 0 Å². The normalized spacial score (nSPS) is 10.4. The van der Waals surface area contributed by atoms with E-state index in [1.54, 1.807) is 12.1 Å². The van der Waals surface area contributed by atoms with E-state index in [0.717, 1.165) is 13.8 Å². The summed E-state index contributed by atoms with van der Waals surface area (Å²) in [5.41, 5.74) is 1.63. The van der Waals surface area contributed by atoms with Crippen LogP contribution in [0.5, 0.6) is 0 Å². The highest BCUT2D eigenvalue weighted by molar-refractivity contribution is 9.11. The summed E-state index contributed by atoms with van der Waals surface area (Å²) in [6.45, 7) is 1.91. The van der Waals surface area contributed by atoms with Crippen LogP contribution in [0.15, 0.2) is 32.5 Å². The fraction of sp³-hybridized carbons (Fsp3) is 0.0833. The SMILES string of the molecule is Cc1cc(Br)c(NC(=O)c2ccc(Br)s2)cc1Cl. The number of nitrogens with one attached hydrogen (secondary N) is 1. The number of hydrogen-bond acceptors (Lipinski definition) is 2. The molecule has 0 aliphatic rings. The predicted octanol–water partition coefficient (Wildman–Crippen LogP) is 5.49. The molecule has 1 heterocycles. The van der Waals surface area contributed by atoms with E-state index in [1.807, 2.05) is 19.1 Å². The minimum absolute atomic E-state index is 0.147. The van der Waals surface area contributed by atoms with E-state index in [9.17, 15) is 4.79 Å². The van der Waals surface area contributed by atoms with E-state index in [-0.39, 0.29) is 5.91 Å². The van der Waals surface area contributed by atoms with Crippen LogP contribution in [0.3, 0.4) is 0 Å². The van der Waals surface area contributed by atoms with Crippen LogP contribution >= 0.6 is 54.8 Å². The lowest BCUT2D eigenvalue weighted by atomic mass is 10.2. The Hall–Kier alpha value is -0.360. The molecule has 0 radical (unpaired) electrons. The van der Waals surface area contributed by atoms with Crippen LogP contribution < -0.4 is 5.32 Å². The van der Waals surface area contributed by atoms with Gasteiger partial charge in [0.05, 0.1) is 14.4 Å². The molecule has 2 rings (SSSR count). The summed E-state index contributed by atoms with van der Waals surface area (Å²) >= 11 is 14.2. The molecule has 1 aromatic carbocycles. The van der Waals surface area contributed by atoms with Crippen LogP contribution in [-0.2, 0) is 0 Å². The molecule has 0 saturated heterocycles. The lowest BCUT2D eigenvalue weighted by molar-refractivity contribution is 0.103. The summed E-state index contributed by atoms with van der Waals surface area (Å²) in [6.07, 6.45) is 0. The van der Waals surface area contributed by atoms with Gasteiger partial charge in [-0.05, 0) is 68.6 Å². The molecule has 0 aliphatic heterocycles. The highest BCUT2D eigenvalue weighted by Crippen LogP contribution is 2.30. The zero-order valence-corrected chi connectivity index (χ0v) is 14.0. The van der Waals surface area contributed by atoms with Crippen molar-refractivity contribution in [2.45, 2.75) is 6.92 Å². The molecule has 0 atom stereocenters.